The van der Waals surface area contributed by atoms with Gasteiger partial charge in [-0.2, -0.15) is 0 Å². The lowest BCUT2D eigenvalue weighted by atomic mass is 10.0. The summed E-state index contributed by atoms with van der Waals surface area (Å²) in [7, 11) is 0. The van der Waals surface area contributed by atoms with Crippen molar-refractivity contribution in [2.24, 2.45) is 5.73 Å². The van der Waals surface area contributed by atoms with Crippen molar-refractivity contribution in [1.29, 1.82) is 0 Å². The van der Waals surface area contributed by atoms with Crippen LogP contribution in [0.4, 0.5) is 0 Å². The maximum atomic E-state index is 11.1. The molecule has 2 rings (SSSR count). The van der Waals surface area contributed by atoms with Crippen molar-refractivity contribution < 1.29 is 9.21 Å². The number of carbonyl (C=O) groups excluding carboxylic acids is 1. The molecule has 0 radical (unpaired) electrons. The quantitative estimate of drug-likeness (QED) is 0.825. The van der Waals surface area contributed by atoms with Crippen molar-refractivity contribution in [3.63, 3.8) is 0 Å². The van der Waals surface area contributed by atoms with E-state index in [1.807, 2.05) is 24.3 Å². The van der Waals surface area contributed by atoms with Crippen LogP contribution < -0.4 is 5.73 Å². The fraction of sp³-hybridized carbons (Fsp3) is 0.0833. The van der Waals surface area contributed by atoms with Crippen molar-refractivity contribution in [2.45, 2.75) is 6.42 Å². The average Bonchev–Trinajstić information content (AvgIpc) is 2.71. The summed E-state index contributed by atoms with van der Waals surface area (Å²) in [5.74, 6) is 0.417. The number of nitrogens with two attached hydrogens (primary N) is 1. The van der Waals surface area contributed by atoms with E-state index >= 15 is 0 Å². The molecule has 0 fully saturated rings. The Balaban J connectivity index is 2.32. The van der Waals surface area contributed by atoms with E-state index in [2.05, 4.69) is 0 Å². The highest BCUT2D eigenvalue weighted by molar-refractivity contribution is 5.94. The van der Waals surface area contributed by atoms with E-state index in [0.717, 1.165) is 11.3 Å². The second-order valence-corrected chi connectivity index (χ2v) is 3.28. The molecule has 0 spiro atoms. The van der Waals surface area contributed by atoms with Crippen molar-refractivity contribution in [3.8, 4) is 0 Å². The van der Waals surface area contributed by atoms with Gasteiger partial charge in [-0.3, -0.25) is 4.79 Å². The Morgan fingerprint density at radius 3 is 2.67 bits per heavy atom. The summed E-state index contributed by atoms with van der Waals surface area (Å²) in [4.78, 5) is 11.1. The molecule has 1 heterocycles. The summed E-state index contributed by atoms with van der Waals surface area (Å²) in [6, 6.07) is 11.0. The van der Waals surface area contributed by atoms with E-state index < -0.39 is 5.91 Å². The standard InChI is InChI=1S/C12H11NO2/c13-12(14)11-6-2-1-4-9(11)8-10-5-3-7-15-10/h1-7H,8H2,(H2,13,14). The van der Waals surface area contributed by atoms with E-state index in [1.165, 1.54) is 0 Å². The highest BCUT2D eigenvalue weighted by Crippen LogP contribution is 2.14. The molecular formula is C12H11NO2. The van der Waals surface area contributed by atoms with Crippen LogP contribution in [0.15, 0.2) is 47.1 Å². The van der Waals surface area contributed by atoms with Gasteiger partial charge in [-0.25, -0.2) is 0 Å². The smallest absolute Gasteiger partial charge is 0.248 e. The summed E-state index contributed by atoms with van der Waals surface area (Å²) in [5.41, 5.74) is 6.71. The topological polar surface area (TPSA) is 56.2 Å². The maximum Gasteiger partial charge on any atom is 0.248 e. The first-order valence-corrected chi connectivity index (χ1v) is 4.67. The van der Waals surface area contributed by atoms with E-state index in [4.69, 9.17) is 10.2 Å². The third-order valence-corrected chi connectivity index (χ3v) is 2.23. The zero-order valence-electron chi connectivity index (χ0n) is 8.14. The van der Waals surface area contributed by atoms with Crippen LogP contribution in [0.1, 0.15) is 21.7 Å². The lowest BCUT2D eigenvalue weighted by Crippen LogP contribution is -2.13. The Kier molecular flexibility index (Phi) is 2.54. The molecular weight excluding hydrogens is 190 g/mol. The van der Waals surface area contributed by atoms with Crippen molar-refractivity contribution in [1.82, 2.24) is 0 Å². The fourth-order valence-corrected chi connectivity index (χ4v) is 1.52. The molecule has 0 saturated heterocycles. The van der Waals surface area contributed by atoms with Crippen molar-refractivity contribution in [3.05, 3.63) is 59.5 Å². The van der Waals surface area contributed by atoms with E-state index in [-0.39, 0.29) is 0 Å². The normalized spacial score (nSPS) is 10.1. The molecule has 0 saturated carbocycles. The molecule has 15 heavy (non-hydrogen) atoms. The SMILES string of the molecule is NC(=O)c1ccccc1Cc1ccco1. The second-order valence-electron chi connectivity index (χ2n) is 3.28. The number of furan rings is 1. The molecule has 1 amide bonds. The lowest BCUT2D eigenvalue weighted by Gasteiger charge is -2.03. The predicted octanol–water partition coefficient (Wildman–Crippen LogP) is 1.97. The molecule has 0 aliphatic carbocycles. The minimum atomic E-state index is -0.405. The van der Waals surface area contributed by atoms with Gasteiger partial charge in [0.25, 0.3) is 0 Å². The van der Waals surface area contributed by atoms with Gasteiger partial charge in [0.05, 0.1) is 6.26 Å². The Bertz CT molecular complexity index is 460. The summed E-state index contributed by atoms with van der Waals surface area (Å²) < 4.78 is 5.22. The summed E-state index contributed by atoms with van der Waals surface area (Å²) in [6.45, 7) is 0. The minimum Gasteiger partial charge on any atom is -0.469 e. The number of benzene rings is 1. The van der Waals surface area contributed by atoms with Crippen LogP contribution in [0, 0.1) is 0 Å². The molecule has 1 aromatic carbocycles. The number of hydrogen-bond acceptors (Lipinski definition) is 2. The van der Waals surface area contributed by atoms with E-state index in [1.54, 1.807) is 18.4 Å². The zero-order chi connectivity index (χ0) is 10.7. The number of primary amides is 1. The fourth-order valence-electron chi connectivity index (χ4n) is 1.52. The third-order valence-electron chi connectivity index (χ3n) is 2.23. The molecule has 2 N–H and O–H groups in total. The maximum absolute atomic E-state index is 11.1. The number of amides is 1. The first kappa shape index (κ1) is 9.52. The molecule has 2 aromatic rings. The first-order chi connectivity index (χ1) is 7.27. The highest BCUT2D eigenvalue weighted by Gasteiger charge is 2.08. The number of hydrogen-bond donors (Lipinski definition) is 1. The van der Waals surface area contributed by atoms with Gasteiger partial charge in [0.1, 0.15) is 5.76 Å². The highest BCUT2D eigenvalue weighted by atomic mass is 16.3. The van der Waals surface area contributed by atoms with Crippen LogP contribution in [0.25, 0.3) is 0 Å². The number of carbonyl (C=O) groups is 1. The Hall–Kier alpha value is -2.03. The van der Waals surface area contributed by atoms with Gasteiger partial charge in [-0.05, 0) is 23.8 Å². The first-order valence-electron chi connectivity index (χ1n) is 4.67. The Labute approximate surface area is 87.5 Å². The molecule has 0 bridgehead atoms. The van der Waals surface area contributed by atoms with Gasteiger partial charge < -0.3 is 10.2 Å². The average molecular weight is 201 g/mol. The monoisotopic (exact) mass is 201 g/mol. The molecule has 3 nitrogen and oxygen atoms in total. The van der Waals surface area contributed by atoms with Gasteiger partial charge in [0, 0.05) is 12.0 Å². The molecule has 0 atom stereocenters. The summed E-state index contributed by atoms with van der Waals surface area (Å²) in [6.07, 6.45) is 2.20. The third kappa shape index (κ3) is 2.07. The molecule has 0 aliphatic rings. The minimum absolute atomic E-state index is 0.405. The van der Waals surface area contributed by atoms with Crippen LogP contribution >= 0.6 is 0 Å². The molecule has 76 valence electrons. The van der Waals surface area contributed by atoms with Crippen LogP contribution in [-0.4, -0.2) is 5.91 Å². The Morgan fingerprint density at radius 1 is 1.20 bits per heavy atom. The van der Waals surface area contributed by atoms with E-state index in [0.29, 0.717) is 12.0 Å². The molecule has 0 aliphatic heterocycles. The lowest BCUT2D eigenvalue weighted by molar-refractivity contribution is 0.0999. The van der Waals surface area contributed by atoms with Crippen LogP contribution in [0.3, 0.4) is 0 Å². The summed E-state index contributed by atoms with van der Waals surface area (Å²) >= 11 is 0. The largest absolute Gasteiger partial charge is 0.469 e. The van der Waals surface area contributed by atoms with Crippen LogP contribution in [0.5, 0.6) is 0 Å². The zero-order valence-corrected chi connectivity index (χ0v) is 8.14. The van der Waals surface area contributed by atoms with Gasteiger partial charge in [-0.15, -0.1) is 0 Å². The van der Waals surface area contributed by atoms with Gasteiger partial charge in [-0.1, -0.05) is 18.2 Å². The second kappa shape index (κ2) is 4.00. The van der Waals surface area contributed by atoms with Crippen molar-refractivity contribution in [2.75, 3.05) is 0 Å². The summed E-state index contributed by atoms with van der Waals surface area (Å²) in [5, 5.41) is 0. The van der Waals surface area contributed by atoms with Crippen LogP contribution in [0.2, 0.25) is 0 Å². The molecule has 0 unspecified atom stereocenters. The van der Waals surface area contributed by atoms with Gasteiger partial charge in [0.2, 0.25) is 5.91 Å². The van der Waals surface area contributed by atoms with Crippen molar-refractivity contribution >= 4 is 5.91 Å². The number of rotatable bonds is 3. The van der Waals surface area contributed by atoms with E-state index in [9.17, 15) is 4.79 Å². The molecule has 3 heteroatoms. The molecule has 1 aromatic heterocycles. The van der Waals surface area contributed by atoms with Gasteiger partial charge >= 0.3 is 0 Å². The predicted molar refractivity (Wildman–Crippen MR) is 56.5 cm³/mol. The van der Waals surface area contributed by atoms with Crippen LogP contribution in [-0.2, 0) is 6.42 Å². The van der Waals surface area contributed by atoms with Gasteiger partial charge in [0.15, 0.2) is 0 Å². The Morgan fingerprint density at radius 2 is 2.00 bits per heavy atom.